The van der Waals surface area contributed by atoms with E-state index >= 15 is 0 Å². The van der Waals surface area contributed by atoms with Crippen LogP contribution in [0, 0.1) is 13.8 Å². The van der Waals surface area contributed by atoms with E-state index in [1.165, 1.54) is 48.5 Å². The molecule has 0 amide bonds. The van der Waals surface area contributed by atoms with Gasteiger partial charge in [0.25, 0.3) is 20.0 Å². The van der Waals surface area contributed by atoms with Crippen LogP contribution in [0.15, 0.2) is 117 Å². The van der Waals surface area contributed by atoms with E-state index in [0.717, 1.165) is 20.0 Å². The number of amidine groups is 2. The summed E-state index contributed by atoms with van der Waals surface area (Å²) in [5.41, 5.74) is 2.29. The molecule has 40 heavy (non-hydrogen) atoms. The Hall–Kier alpha value is -3.70. The second-order valence-electron chi connectivity index (χ2n) is 8.98. The van der Waals surface area contributed by atoms with Crippen molar-refractivity contribution in [3.8, 4) is 0 Å². The monoisotopic (exact) mass is 612 g/mol. The molecule has 204 valence electrons. The first-order valence-electron chi connectivity index (χ1n) is 11.9. The Morgan fingerprint density at radius 3 is 1.10 bits per heavy atom. The average Bonchev–Trinajstić information content (AvgIpc) is 2.94. The number of hydrogen-bond acceptors (Lipinski definition) is 6. The summed E-state index contributed by atoms with van der Waals surface area (Å²) < 4.78 is 57.4. The summed E-state index contributed by atoms with van der Waals surface area (Å²) in [6, 6.07) is 24.8. The van der Waals surface area contributed by atoms with Crippen molar-refractivity contribution >= 4 is 54.9 Å². The van der Waals surface area contributed by atoms with Crippen LogP contribution in [0.1, 0.15) is 22.3 Å². The molecule has 5 rings (SSSR count). The predicted molar refractivity (Wildman–Crippen MR) is 156 cm³/mol. The number of benzene rings is 4. The van der Waals surface area contributed by atoms with Crippen molar-refractivity contribution in [2.24, 2.45) is 10.2 Å². The Balaban J connectivity index is 1.78. The lowest BCUT2D eigenvalue weighted by Crippen LogP contribution is -2.45. The molecule has 0 saturated carbocycles. The maximum Gasteiger partial charge on any atom is 0.285 e. The summed E-state index contributed by atoms with van der Waals surface area (Å²) in [5.74, 6) is -0.462. The number of hydrazone groups is 2. The molecule has 8 nitrogen and oxygen atoms in total. The van der Waals surface area contributed by atoms with Crippen LogP contribution < -0.4 is 0 Å². The second-order valence-corrected chi connectivity index (χ2v) is 13.4. The third-order valence-corrected chi connectivity index (χ3v) is 9.69. The van der Waals surface area contributed by atoms with Crippen LogP contribution in [0.5, 0.6) is 0 Å². The van der Waals surface area contributed by atoms with Gasteiger partial charge in [-0.3, -0.25) is 0 Å². The fraction of sp³-hybridized carbons (Fsp3) is 0.0714. The maximum absolute atomic E-state index is 14.0. The molecule has 1 aliphatic heterocycles. The van der Waals surface area contributed by atoms with Crippen LogP contribution in [-0.4, -0.2) is 37.3 Å². The zero-order valence-corrected chi connectivity index (χ0v) is 24.4. The summed E-state index contributed by atoms with van der Waals surface area (Å²) in [6.45, 7) is 3.67. The van der Waals surface area contributed by atoms with Gasteiger partial charge in [0.05, 0.1) is 9.79 Å². The average molecular weight is 614 g/mol. The summed E-state index contributed by atoms with van der Waals surface area (Å²) in [5, 5.41) is 9.66. The highest BCUT2D eigenvalue weighted by Gasteiger charge is 2.39. The van der Waals surface area contributed by atoms with Gasteiger partial charge in [0.1, 0.15) is 0 Å². The number of rotatable bonds is 6. The van der Waals surface area contributed by atoms with E-state index in [-0.39, 0.29) is 32.6 Å². The van der Waals surface area contributed by atoms with Crippen molar-refractivity contribution in [1.29, 1.82) is 0 Å². The molecule has 0 atom stereocenters. The van der Waals surface area contributed by atoms with Gasteiger partial charge in [0, 0.05) is 21.2 Å². The minimum atomic E-state index is -4.34. The lowest BCUT2D eigenvalue weighted by Gasteiger charge is -2.31. The van der Waals surface area contributed by atoms with Gasteiger partial charge in [0.2, 0.25) is 0 Å². The van der Waals surface area contributed by atoms with Crippen LogP contribution in [0.2, 0.25) is 10.0 Å². The van der Waals surface area contributed by atoms with Crippen molar-refractivity contribution in [2.45, 2.75) is 23.6 Å². The lowest BCUT2D eigenvalue weighted by molar-refractivity contribution is 0.488. The SMILES string of the molecule is Cc1ccc(S(=O)(=O)N2N=C(c3ccc(Cl)cc3)N(S(=O)(=O)c3ccc(C)cc3)N=C2c2ccc(Cl)cc2)cc1. The van der Waals surface area contributed by atoms with E-state index in [9.17, 15) is 16.8 Å². The molecule has 12 heteroatoms. The Labute approximate surface area is 242 Å². The van der Waals surface area contributed by atoms with Gasteiger partial charge in [0.15, 0.2) is 11.7 Å². The van der Waals surface area contributed by atoms with Gasteiger partial charge in [-0.1, -0.05) is 58.6 Å². The minimum Gasteiger partial charge on any atom is -0.199 e. The zero-order chi connectivity index (χ0) is 28.7. The number of nitrogens with zero attached hydrogens (tertiary/aromatic N) is 4. The first kappa shape index (κ1) is 27.9. The summed E-state index contributed by atoms with van der Waals surface area (Å²) in [4.78, 5) is -0.0948. The quantitative estimate of drug-likeness (QED) is 0.265. The molecule has 0 spiro atoms. The van der Waals surface area contributed by atoms with Gasteiger partial charge < -0.3 is 0 Å². The highest BCUT2D eigenvalue weighted by molar-refractivity contribution is 7.90. The Morgan fingerprint density at radius 1 is 0.500 bits per heavy atom. The molecule has 4 aromatic carbocycles. The zero-order valence-electron chi connectivity index (χ0n) is 21.2. The van der Waals surface area contributed by atoms with E-state index in [1.54, 1.807) is 48.5 Å². The summed E-state index contributed by atoms with van der Waals surface area (Å²) >= 11 is 12.2. The third kappa shape index (κ3) is 5.35. The third-order valence-electron chi connectivity index (χ3n) is 6.03. The molecule has 1 heterocycles. The molecule has 4 aromatic rings. The normalized spacial score (nSPS) is 14.1. The van der Waals surface area contributed by atoms with Crippen LogP contribution in [0.4, 0.5) is 0 Å². The van der Waals surface area contributed by atoms with Crippen molar-refractivity contribution in [3.63, 3.8) is 0 Å². The molecular formula is C28H22Cl2N4O4S2. The second kappa shape index (κ2) is 10.7. The number of halogens is 2. The Morgan fingerprint density at radius 2 is 0.800 bits per heavy atom. The highest BCUT2D eigenvalue weighted by Crippen LogP contribution is 2.29. The van der Waals surface area contributed by atoms with Crippen LogP contribution in [-0.2, 0) is 20.0 Å². The summed E-state index contributed by atoms with van der Waals surface area (Å²) in [6.07, 6.45) is 0. The molecule has 0 saturated heterocycles. The Bertz CT molecular complexity index is 1700. The number of hydrogen-bond donors (Lipinski definition) is 0. The van der Waals surface area contributed by atoms with Crippen LogP contribution in [0.3, 0.4) is 0 Å². The predicted octanol–water partition coefficient (Wildman–Crippen LogP) is 6.03. The van der Waals surface area contributed by atoms with E-state index in [0.29, 0.717) is 10.0 Å². The van der Waals surface area contributed by atoms with Gasteiger partial charge >= 0.3 is 0 Å². The smallest absolute Gasteiger partial charge is 0.199 e. The lowest BCUT2D eigenvalue weighted by atomic mass is 10.2. The maximum atomic E-state index is 14.0. The molecule has 0 aromatic heterocycles. The summed E-state index contributed by atoms with van der Waals surface area (Å²) in [7, 11) is -8.68. The first-order valence-corrected chi connectivity index (χ1v) is 15.5. The topological polar surface area (TPSA) is 99.5 Å². The number of aryl methyl sites for hydroxylation is 2. The molecule has 0 unspecified atom stereocenters. The van der Waals surface area contributed by atoms with Gasteiger partial charge in [-0.2, -0.15) is 16.8 Å². The van der Waals surface area contributed by atoms with E-state index < -0.39 is 20.0 Å². The van der Waals surface area contributed by atoms with Crippen molar-refractivity contribution in [2.75, 3.05) is 0 Å². The van der Waals surface area contributed by atoms with Gasteiger partial charge in [-0.25, -0.2) is 0 Å². The fourth-order valence-electron chi connectivity index (χ4n) is 3.83. The molecule has 0 fully saturated rings. The fourth-order valence-corrected chi connectivity index (χ4v) is 6.55. The van der Waals surface area contributed by atoms with E-state index in [1.807, 2.05) is 13.8 Å². The first-order chi connectivity index (χ1) is 19.0. The van der Waals surface area contributed by atoms with Gasteiger partial charge in [-0.15, -0.1) is 19.0 Å². The molecule has 1 aliphatic rings. The van der Waals surface area contributed by atoms with E-state index in [4.69, 9.17) is 23.2 Å². The molecular weight excluding hydrogens is 591 g/mol. The molecule has 0 radical (unpaired) electrons. The van der Waals surface area contributed by atoms with Gasteiger partial charge in [-0.05, 0) is 86.6 Å². The molecule has 0 aliphatic carbocycles. The van der Waals surface area contributed by atoms with E-state index in [2.05, 4.69) is 10.2 Å². The van der Waals surface area contributed by atoms with Crippen molar-refractivity contribution in [1.82, 2.24) is 8.83 Å². The number of sulfonamides is 2. The van der Waals surface area contributed by atoms with Crippen molar-refractivity contribution in [3.05, 3.63) is 129 Å². The largest absolute Gasteiger partial charge is 0.285 e. The molecule has 0 N–H and O–H groups in total. The van der Waals surface area contributed by atoms with Crippen LogP contribution >= 0.6 is 23.2 Å². The van der Waals surface area contributed by atoms with Crippen molar-refractivity contribution < 1.29 is 16.8 Å². The highest BCUT2D eigenvalue weighted by atomic mass is 35.5. The minimum absolute atomic E-state index is 0.0474. The van der Waals surface area contributed by atoms with Crippen LogP contribution in [0.25, 0.3) is 0 Å². The standard InChI is InChI=1S/C28H22Cl2N4O4S2/c1-19-3-15-25(16-4-19)39(35,36)33-27(21-7-11-23(29)12-8-21)32-34(28(31-33)22-9-13-24(30)14-10-22)40(37,38)26-17-5-20(2)6-18-26/h3-18H,1-2H3. The Kier molecular flexibility index (Phi) is 7.45. The molecule has 0 bridgehead atoms.